The van der Waals surface area contributed by atoms with Crippen molar-refractivity contribution in [3.8, 4) is 11.5 Å². The quantitative estimate of drug-likeness (QED) is 0.494. The second-order valence-electron chi connectivity index (χ2n) is 9.27. The number of methoxy groups -OCH3 is 1. The van der Waals surface area contributed by atoms with Crippen LogP contribution in [0.2, 0.25) is 0 Å². The Bertz CT molecular complexity index is 1200. The van der Waals surface area contributed by atoms with Crippen molar-refractivity contribution in [3.05, 3.63) is 63.7 Å². The molecule has 0 amide bonds. The fourth-order valence-electron chi connectivity index (χ4n) is 5.11. The lowest BCUT2D eigenvalue weighted by atomic mass is 9.99. The Morgan fingerprint density at radius 3 is 2.94 bits per heavy atom. The number of fused-ring (bicyclic) bond motifs is 2. The number of piperidine rings is 1. The third-order valence-electron chi connectivity index (χ3n) is 6.96. The van der Waals surface area contributed by atoms with Crippen LogP contribution in [0.1, 0.15) is 42.1 Å². The second kappa shape index (κ2) is 10.1. The van der Waals surface area contributed by atoms with Gasteiger partial charge < -0.3 is 30.4 Å². The molecule has 3 aromatic rings. The van der Waals surface area contributed by atoms with E-state index in [1.165, 1.54) is 11.6 Å². The Kier molecular flexibility index (Phi) is 6.80. The molecule has 1 atom stereocenters. The molecule has 2 aromatic heterocycles. The number of aromatic amines is 1. The number of rotatable bonds is 7. The molecule has 1 fully saturated rings. The zero-order valence-electron chi connectivity index (χ0n) is 19.7. The van der Waals surface area contributed by atoms with E-state index in [0.29, 0.717) is 18.3 Å². The van der Waals surface area contributed by atoms with Crippen molar-refractivity contribution in [1.82, 2.24) is 20.2 Å². The summed E-state index contributed by atoms with van der Waals surface area (Å²) in [5.41, 5.74) is 10.5. The molecular weight excluding hydrogens is 430 g/mol. The molecule has 0 unspecified atom stereocenters. The number of likely N-dealkylation sites (tertiary alicyclic amines) is 1. The molecule has 0 aliphatic carbocycles. The van der Waals surface area contributed by atoms with Gasteiger partial charge in [-0.2, -0.15) is 0 Å². The Morgan fingerprint density at radius 2 is 2.12 bits per heavy atom. The maximum absolute atomic E-state index is 12.0. The van der Waals surface area contributed by atoms with E-state index in [1.54, 1.807) is 7.11 Å². The number of nitrogens with one attached hydrogen (secondary N) is 2. The standard InChI is InChI=1S/C26H33N5O3/c1-33-22-6-4-17-5-7-24(32)30-26(17)25(22)21(27)16-31-10-8-19(9-11-31)28-14-20-13-18-3-2-12-34-23(18)15-29-20/h4-7,13,15,19,21,28H,2-3,8-12,14,16,27H2,1H3,(H,30,32)/t21-/m1/s1. The van der Waals surface area contributed by atoms with Crippen molar-refractivity contribution in [1.29, 1.82) is 0 Å². The normalized spacial score (nSPS) is 17.8. The van der Waals surface area contributed by atoms with E-state index in [9.17, 15) is 4.79 Å². The minimum atomic E-state index is -0.261. The summed E-state index contributed by atoms with van der Waals surface area (Å²) in [7, 11) is 1.64. The number of aryl methyl sites for hydroxylation is 1. The molecule has 8 heteroatoms. The lowest BCUT2D eigenvalue weighted by molar-refractivity contribution is 0.187. The topological polar surface area (TPSA) is 106 Å². The van der Waals surface area contributed by atoms with Crippen molar-refractivity contribution >= 4 is 10.9 Å². The van der Waals surface area contributed by atoms with Crippen molar-refractivity contribution in [2.24, 2.45) is 5.73 Å². The molecular formula is C26H33N5O3. The summed E-state index contributed by atoms with van der Waals surface area (Å²) in [5.74, 6) is 1.65. The van der Waals surface area contributed by atoms with E-state index in [-0.39, 0.29) is 11.6 Å². The number of nitrogens with two attached hydrogens (primary N) is 1. The van der Waals surface area contributed by atoms with E-state index < -0.39 is 0 Å². The first-order chi connectivity index (χ1) is 16.6. The van der Waals surface area contributed by atoms with Crippen LogP contribution in [0.4, 0.5) is 0 Å². The summed E-state index contributed by atoms with van der Waals surface area (Å²) < 4.78 is 11.3. The van der Waals surface area contributed by atoms with Crippen molar-refractivity contribution < 1.29 is 9.47 Å². The summed E-state index contributed by atoms with van der Waals surface area (Å²) in [4.78, 5) is 21.9. The second-order valence-corrected chi connectivity index (χ2v) is 9.27. The molecule has 5 rings (SSSR count). The average molecular weight is 464 g/mol. The van der Waals surface area contributed by atoms with Crippen molar-refractivity contribution in [2.75, 3.05) is 33.4 Å². The number of ether oxygens (including phenoxy) is 2. The van der Waals surface area contributed by atoms with E-state index in [2.05, 4.69) is 26.3 Å². The molecule has 0 spiro atoms. The SMILES string of the molecule is COc1ccc2ccc(=O)[nH]c2c1[C@H](N)CN1CCC(NCc2cc3c(cn2)OCCC3)CC1. The van der Waals surface area contributed by atoms with Gasteiger partial charge in [0.15, 0.2) is 0 Å². The number of pyridine rings is 2. The van der Waals surface area contributed by atoms with Crippen LogP contribution in [0.25, 0.3) is 10.9 Å². The van der Waals surface area contributed by atoms with Gasteiger partial charge in [0.2, 0.25) is 5.56 Å². The number of hydrogen-bond acceptors (Lipinski definition) is 7. The Morgan fingerprint density at radius 1 is 1.29 bits per heavy atom. The minimum Gasteiger partial charge on any atom is -0.496 e. The monoisotopic (exact) mass is 463 g/mol. The summed E-state index contributed by atoms with van der Waals surface area (Å²) in [6, 6.07) is 9.61. The summed E-state index contributed by atoms with van der Waals surface area (Å²) in [6.45, 7) is 4.23. The molecule has 1 saturated heterocycles. The van der Waals surface area contributed by atoms with Crippen LogP contribution in [0.15, 0.2) is 41.3 Å². The van der Waals surface area contributed by atoms with Gasteiger partial charge in [-0.3, -0.25) is 9.78 Å². The fourth-order valence-corrected chi connectivity index (χ4v) is 5.11. The average Bonchev–Trinajstić information content (AvgIpc) is 2.87. The first-order valence-electron chi connectivity index (χ1n) is 12.1. The van der Waals surface area contributed by atoms with Crippen LogP contribution in [0.3, 0.4) is 0 Å². The highest BCUT2D eigenvalue weighted by Crippen LogP contribution is 2.31. The predicted octanol–water partition coefficient (Wildman–Crippen LogP) is 2.51. The van der Waals surface area contributed by atoms with Crippen molar-refractivity contribution in [3.63, 3.8) is 0 Å². The highest BCUT2D eigenvalue weighted by molar-refractivity contribution is 5.84. The first-order valence-corrected chi connectivity index (χ1v) is 12.1. The highest BCUT2D eigenvalue weighted by Gasteiger charge is 2.24. The molecule has 0 bridgehead atoms. The van der Waals surface area contributed by atoms with Gasteiger partial charge in [-0.25, -0.2) is 0 Å². The van der Waals surface area contributed by atoms with Gasteiger partial charge in [0, 0.05) is 36.8 Å². The molecule has 2 aliphatic heterocycles. The molecule has 0 saturated carbocycles. The van der Waals surface area contributed by atoms with Crippen LogP contribution in [0, 0.1) is 0 Å². The first kappa shape index (κ1) is 22.8. The Hall–Kier alpha value is -2.94. The zero-order chi connectivity index (χ0) is 23.5. The van der Waals surface area contributed by atoms with Gasteiger partial charge >= 0.3 is 0 Å². The van der Waals surface area contributed by atoms with Gasteiger partial charge in [-0.05, 0) is 74.0 Å². The highest BCUT2D eigenvalue weighted by atomic mass is 16.5. The zero-order valence-corrected chi connectivity index (χ0v) is 19.7. The van der Waals surface area contributed by atoms with Gasteiger partial charge in [-0.1, -0.05) is 0 Å². The third-order valence-corrected chi connectivity index (χ3v) is 6.96. The summed E-state index contributed by atoms with van der Waals surface area (Å²) in [5, 5.41) is 4.63. The van der Waals surface area contributed by atoms with E-state index >= 15 is 0 Å². The smallest absolute Gasteiger partial charge is 0.248 e. The molecule has 8 nitrogen and oxygen atoms in total. The maximum Gasteiger partial charge on any atom is 0.248 e. The number of H-pyrrole nitrogens is 1. The molecule has 2 aliphatic rings. The molecule has 1 aromatic carbocycles. The fraction of sp³-hybridized carbons (Fsp3) is 0.462. The van der Waals surface area contributed by atoms with Crippen LogP contribution in [-0.2, 0) is 13.0 Å². The lowest BCUT2D eigenvalue weighted by Crippen LogP contribution is -2.44. The van der Waals surface area contributed by atoms with E-state index in [0.717, 1.165) is 79.8 Å². The van der Waals surface area contributed by atoms with Gasteiger partial charge in [-0.15, -0.1) is 0 Å². The largest absolute Gasteiger partial charge is 0.496 e. The Balaban J connectivity index is 1.18. The summed E-state index contributed by atoms with van der Waals surface area (Å²) >= 11 is 0. The van der Waals surface area contributed by atoms with Crippen molar-refractivity contribution in [2.45, 2.75) is 44.3 Å². The van der Waals surface area contributed by atoms with Crippen LogP contribution < -0.4 is 26.1 Å². The minimum absolute atomic E-state index is 0.137. The van der Waals surface area contributed by atoms with Gasteiger partial charge in [0.05, 0.1) is 31.1 Å². The van der Waals surface area contributed by atoms with Gasteiger partial charge in [0.25, 0.3) is 0 Å². The number of aromatic nitrogens is 2. The molecule has 4 heterocycles. The molecule has 34 heavy (non-hydrogen) atoms. The van der Waals surface area contributed by atoms with Crippen LogP contribution >= 0.6 is 0 Å². The lowest BCUT2D eigenvalue weighted by Gasteiger charge is -2.34. The third kappa shape index (κ3) is 4.94. The summed E-state index contributed by atoms with van der Waals surface area (Å²) in [6.07, 6.45) is 6.13. The van der Waals surface area contributed by atoms with Crippen LogP contribution in [0.5, 0.6) is 11.5 Å². The molecule has 0 radical (unpaired) electrons. The number of nitrogens with zero attached hydrogens (tertiary/aromatic N) is 2. The maximum atomic E-state index is 12.0. The molecule has 180 valence electrons. The van der Waals surface area contributed by atoms with Gasteiger partial charge in [0.1, 0.15) is 11.5 Å². The van der Waals surface area contributed by atoms with E-state index in [4.69, 9.17) is 15.2 Å². The molecule has 4 N–H and O–H groups in total. The van der Waals surface area contributed by atoms with E-state index in [1.807, 2.05) is 24.4 Å². The number of hydrogen-bond donors (Lipinski definition) is 3. The number of benzene rings is 1. The van der Waals surface area contributed by atoms with Crippen LogP contribution in [-0.4, -0.2) is 54.3 Å². The Labute approximate surface area is 199 Å². The predicted molar refractivity (Wildman–Crippen MR) is 132 cm³/mol.